The van der Waals surface area contributed by atoms with Crippen molar-refractivity contribution in [2.24, 2.45) is 0 Å². The fourth-order valence-electron chi connectivity index (χ4n) is 10.2. The molecule has 6 heteroatoms. The molecule has 0 heterocycles. The third-order valence-corrected chi connectivity index (χ3v) is 15.1. The molecule has 0 saturated heterocycles. The average molecular weight is 1000 g/mol. The molecule has 0 aliphatic carbocycles. The first kappa shape index (κ1) is 69.4. The van der Waals surface area contributed by atoms with Gasteiger partial charge in [-0.15, -0.1) is 0 Å². The van der Waals surface area contributed by atoms with Crippen LogP contribution >= 0.6 is 0 Å². The van der Waals surface area contributed by atoms with Gasteiger partial charge in [0.2, 0.25) is 0 Å². The number of ether oxygens (including phenoxy) is 3. The lowest BCUT2D eigenvalue weighted by molar-refractivity contribution is -0.167. The molecular formula is C65H126O6. The zero-order valence-corrected chi connectivity index (χ0v) is 48.5. The molecule has 0 fully saturated rings. The van der Waals surface area contributed by atoms with Gasteiger partial charge in [-0.05, 0) is 19.3 Å². The molecule has 71 heavy (non-hydrogen) atoms. The standard InChI is InChI=1S/C65H126O6/c1-4-7-10-13-16-18-20-22-23-24-25-26-27-28-29-30-31-32-33-34-35-36-37-38-39-40-41-42-43-44-46-47-49-52-55-58-64(67)70-61-62(60-69-63(66)57-54-51-15-12-9-6-3)71-65(68)59-56-53-50-48-45-21-19-17-14-11-8-5-2/h62H,4-61H2,1-3H3. The number of esters is 3. The van der Waals surface area contributed by atoms with Crippen molar-refractivity contribution in [2.45, 2.75) is 386 Å². The van der Waals surface area contributed by atoms with E-state index in [9.17, 15) is 14.4 Å². The summed E-state index contributed by atoms with van der Waals surface area (Å²) in [7, 11) is 0. The fourth-order valence-corrected chi connectivity index (χ4v) is 10.2. The van der Waals surface area contributed by atoms with Gasteiger partial charge in [0.1, 0.15) is 13.2 Å². The van der Waals surface area contributed by atoms with Crippen LogP contribution in [0.25, 0.3) is 0 Å². The number of hydrogen-bond donors (Lipinski definition) is 0. The lowest BCUT2D eigenvalue weighted by atomic mass is 10.0. The zero-order valence-electron chi connectivity index (χ0n) is 48.5. The molecule has 1 unspecified atom stereocenters. The van der Waals surface area contributed by atoms with E-state index in [1.165, 1.54) is 283 Å². The van der Waals surface area contributed by atoms with Crippen LogP contribution in [0.2, 0.25) is 0 Å². The maximum atomic E-state index is 12.7. The van der Waals surface area contributed by atoms with E-state index in [1.807, 2.05) is 0 Å². The van der Waals surface area contributed by atoms with Crippen LogP contribution in [0.1, 0.15) is 380 Å². The molecule has 0 aliphatic heterocycles. The lowest BCUT2D eigenvalue weighted by Crippen LogP contribution is -2.30. The third kappa shape index (κ3) is 59.2. The molecular weight excluding hydrogens is 877 g/mol. The van der Waals surface area contributed by atoms with Gasteiger partial charge >= 0.3 is 17.9 Å². The summed E-state index contributed by atoms with van der Waals surface area (Å²) in [5.74, 6) is -0.848. The predicted molar refractivity (Wildman–Crippen MR) is 307 cm³/mol. The van der Waals surface area contributed by atoms with Crippen LogP contribution in [0.5, 0.6) is 0 Å². The molecule has 0 spiro atoms. The average Bonchev–Trinajstić information content (AvgIpc) is 3.37. The monoisotopic (exact) mass is 1000 g/mol. The highest BCUT2D eigenvalue weighted by Crippen LogP contribution is 2.19. The second-order valence-corrected chi connectivity index (χ2v) is 22.4. The van der Waals surface area contributed by atoms with Gasteiger partial charge in [0, 0.05) is 19.3 Å². The summed E-state index contributed by atoms with van der Waals surface area (Å²) in [6, 6.07) is 0. The highest BCUT2D eigenvalue weighted by molar-refractivity contribution is 5.71. The summed E-state index contributed by atoms with van der Waals surface area (Å²) < 4.78 is 16.8. The van der Waals surface area contributed by atoms with Gasteiger partial charge in [-0.25, -0.2) is 0 Å². The molecule has 0 radical (unpaired) electrons. The van der Waals surface area contributed by atoms with E-state index in [2.05, 4.69) is 20.8 Å². The van der Waals surface area contributed by atoms with E-state index >= 15 is 0 Å². The lowest BCUT2D eigenvalue weighted by Gasteiger charge is -2.18. The first-order valence-corrected chi connectivity index (χ1v) is 32.5. The highest BCUT2D eigenvalue weighted by atomic mass is 16.6. The van der Waals surface area contributed by atoms with Crippen LogP contribution in [0.4, 0.5) is 0 Å². The number of rotatable bonds is 61. The summed E-state index contributed by atoms with van der Waals surface area (Å²) in [5, 5.41) is 0. The van der Waals surface area contributed by atoms with E-state index < -0.39 is 6.10 Å². The van der Waals surface area contributed by atoms with Gasteiger partial charge in [-0.3, -0.25) is 14.4 Å². The Balaban J connectivity index is 3.79. The Labute approximate surface area is 444 Å². The van der Waals surface area contributed by atoms with Gasteiger partial charge in [-0.2, -0.15) is 0 Å². The third-order valence-electron chi connectivity index (χ3n) is 15.1. The topological polar surface area (TPSA) is 78.9 Å². The zero-order chi connectivity index (χ0) is 51.4. The van der Waals surface area contributed by atoms with Crippen molar-refractivity contribution in [1.82, 2.24) is 0 Å². The Kier molecular flexibility index (Phi) is 59.6. The van der Waals surface area contributed by atoms with Crippen molar-refractivity contribution in [1.29, 1.82) is 0 Å². The van der Waals surface area contributed by atoms with E-state index in [0.717, 1.165) is 57.8 Å². The summed E-state index contributed by atoms with van der Waals surface area (Å²) >= 11 is 0. The maximum absolute atomic E-state index is 12.7. The van der Waals surface area contributed by atoms with Crippen LogP contribution in [-0.4, -0.2) is 37.2 Å². The Hall–Kier alpha value is -1.59. The van der Waals surface area contributed by atoms with Crippen LogP contribution in [-0.2, 0) is 28.6 Å². The fraction of sp³-hybridized carbons (Fsp3) is 0.954. The summed E-state index contributed by atoms with van der Waals surface area (Å²) in [6.45, 7) is 6.64. The second kappa shape index (κ2) is 61.0. The maximum Gasteiger partial charge on any atom is 0.306 e. The van der Waals surface area contributed by atoms with Gasteiger partial charge in [0.25, 0.3) is 0 Å². The Morgan fingerprint density at radius 1 is 0.225 bits per heavy atom. The minimum atomic E-state index is -0.759. The summed E-state index contributed by atoms with van der Waals surface area (Å²) in [6.07, 6.45) is 70.5. The van der Waals surface area contributed by atoms with E-state index in [4.69, 9.17) is 14.2 Å². The molecule has 0 aromatic rings. The SMILES string of the molecule is CCCCCCCCCCCCCCCCCCCCCCCCCCCCCCCCCCCCCC(=O)OCC(COC(=O)CCCCCCCC)OC(=O)CCCCCCCCCCCCCC. The van der Waals surface area contributed by atoms with Crippen molar-refractivity contribution in [3.63, 3.8) is 0 Å². The van der Waals surface area contributed by atoms with E-state index in [-0.39, 0.29) is 31.1 Å². The van der Waals surface area contributed by atoms with E-state index in [0.29, 0.717) is 19.3 Å². The molecule has 6 nitrogen and oxygen atoms in total. The molecule has 0 aliphatic rings. The minimum Gasteiger partial charge on any atom is -0.462 e. The van der Waals surface area contributed by atoms with Crippen LogP contribution < -0.4 is 0 Å². The van der Waals surface area contributed by atoms with Gasteiger partial charge in [0.15, 0.2) is 6.10 Å². The molecule has 1 atom stereocenters. The molecule has 0 rings (SSSR count). The van der Waals surface area contributed by atoms with E-state index in [1.54, 1.807) is 0 Å². The normalized spacial score (nSPS) is 11.9. The van der Waals surface area contributed by atoms with Crippen LogP contribution in [0, 0.1) is 0 Å². The van der Waals surface area contributed by atoms with Crippen molar-refractivity contribution >= 4 is 17.9 Å². The minimum absolute atomic E-state index is 0.0625. The quantitative estimate of drug-likeness (QED) is 0.0343. The van der Waals surface area contributed by atoms with Gasteiger partial charge < -0.3 is 14.2 Å². The largest absolute Gasteiger partial charge is 0.462 e. The Morgan fingerprint density at radius 2 is 0.380 bits per heavy atom. The number of carbonyl (C=O) groups excluding carboxylic acids is 3. The van der Waals surface area contributed by atoms with Gasteiger partial charge in [-0.1, -0.05) is 342 Å². The molecule has 0 aromatic carbocycles. The molecule has 0 bridgehead atoms. The summed E-state index contributed by atoms with van der Waals surface area (Å²) in [4.78, 5) is 37.8. The Morgan fingerprint density at radius 3 is 0.563 bits per heavy atom. The smallest absolute Gasteiger partial charge is 0.306 e. The summed E-state index contributed by atoms with van der Waals surface area (Å²) in [5.41, 5.74) is 0. The molecule has 0 amide bonds. The molecule has 0 aromatic heterocycles. The van der Waals surface area contributed by atoms with Crippen LogP contribution in [0.3, 0.4) is 0 Å². The second-order valence-electron chi connectivity index (χ2n) is 22.4. The first-order chi connectivity index (χ1) is 35.0. The van der Waals surface area contributed by atoms with Crippen molar-refractivity contribution in [2.75, 3.05) is 13.2 Å². The Bertz CT molecular complexity index is 1060. The number of hydrogen-bond acceptors (Lipinski definition) is 6. The first-order valence-electron chi connectivity index (χ1n) is 32.5. The van der Waals surface area contributed by atoms with Gasteiger partial charge in [0.05, 0.1) is 0 Å². The number of carbonyl (C=O) groups is 3. The predicted octanol–water partition coefficient (Wildman–Crippen LogP) is 21.9. The molecule has 0 saturated carbocycles. The number of unbranched alkanes of at least 4 members (excludes halogenated alkanes) is 50. The van der Waals surface area contributed by atoms with Crippen LogP contribution in [0.15, 0.2) is 0 Å². The molecule has 422 valence electrons. The van der Waals surface area contributed by atoms with Crippen molar-refractivity contribution in [3.05, 3.63) is 0 Å². The highest BCUT2D eigenvalue weighted by Gasteiger charge is 2.19. The van der Waals surface area contributed by atoms with Crippen molar-refractivity contribution in [3.8, 4) is 0 Å². The molecule has 0 N–H and O–H groups in total. The van der Waals surface area contributed by atoms with Crippen molar-refractivity contribution < 1.29 is 28.6 Å².